The SMILES string of the molecule is Cc1ccc(CN2CCN(CC(=O)Nc3cc(C)on3)C(=O)C2=O)cc1. The zero-order valence-corrected chi connectivity index (χ0v) is 14.7. The molecule has 1 aromatic heterocycles. The normalized spacial score (nSPS) is 14.7. The van der Waals surface area contributed by atoms with E-state index in [1.807, 2.05) is 31.2 Å². The lowest BCUT2D eigenvalue weighted by Gasteiger charge is -2.33. The maximum absolute atomic E-state index is 12.3. The number of rotatable bonds is 5. The average Bonchev–Trinajstić information content (AvgIpc) is 3.01. The van der Waals surface area contributed by atoms with E-state index in [4.69, 9.17) is 4.52 Å². The summed E-state index contributed by atoms with van der Waals surface area (Å²) >= 11 is 0. The molecular weight excluding hydrogens is 336 g/mol. The van der Waals surface area contributed by atoms with Crippen LogP contribution in [-0.4, -0.2) is 52.3 Å². The third kappa shape index (κ3) is 4.08. The number of aromatic nitrogens is 1. The van der Waals surface area contributed by atoms with Gasteiger partial charge in [0.05, 0.1) is 0 Å². The number of piperazine rings is 1. The molecule has 1 aliphatic heterocycles. The van der Waals surface area contributed by atoms with E-state index in [2.05, 4.69) is 10.5 Å². The number of hydrogen-bond acceptors (Lipinski definition) is 5. The fraction of sp³-hybridized carbons (Fsp3) is 0.333. The molecule has 3 rings (SSSR count). The van der Waals surface area contributed by atoms with Gasteiger partial charge in [-0.25, -0.2) is 0 Å². The maximum Gasteiger partial charge on any atom is 0.312 e. The molecule has 0 aliphatic carbocycles. The van der Waals surface area contributed by atoms with E-state index in [1.54, 1.807) is 13.0 Å². The lowest BCUT2D eigenvalue weighted by molar-refractivity contribution is -0.157. The molecular formula is C18H20N4O4. The van der Waals surface area contributed by atoms with Gasteiger partial charge in [0.2, 0.25) is 5.91 Å². The molecule has 1 fully saturated rings. The Balaban J connectivity index is 1.56. The summed E-state index contributed by atoms with van der Waals surface area (Å²) in [4.78, 5) is 39.4. The van der Waals surface area contributed by atoms with Gasteiger partial charge >= 0.3 is 11.8 Å². The highest BCUT2D eigenvalue weighted by atomic mass is 16.5. The van der Waals surface area contributed by atoms with Gasteiger partial charge in [-0.2, -0.15) is 0 Å². The largest absolute Gasteiger partial charge is 0.360 e. The second kappa shape index (κ2) is 7.38. The van der Waals surface area contributed by atoms with Crippen LogP contribution < -0.4 is 5.32 Å². The van der Waals surface area contributed by atoms with E-state index < -0.39 is 17.7 Å². The third-order valence-electron chi connectivity index (χ3n) is 4.12. The van der Waals surface area contributed by atoms with Crippen molar-refractivity contribution in [1.82, 2.24) is 15.0 Å². The molecule has 8 nitrogen and oxygen atoms in total. The Labute approximate surface area is 150 Å². The van der Waals surface area contributed by atoms with E-state index in [-0.39, 0.29) is 12.4 Å². The highest BCUT2D eigenvalue weighted by Crippen LogP contribution is 2.12. The van der Waals surface area contributed by atoms with Crippen molar-refractivity contribution in [3.05, 3.63) is 47.2 Å². The van der Waals surface area contributed by atoms with Crippen LogP contribution in [-0.2, 0) is 20.9 Å². The van der Waals surface area contributed by atoms with Gasteiger partial charge in [-0.15, -0.1) is 0 Å². The molecule has 8 heteroatoms. The number of benzene rings is 1. The molecule has 136 valence electrons. The van der Waals surface area contributed by atoms with E-state index >= 15 is 0 Å². The first-order valence-corrected chi connectivity index (χ1v) is 8.29. The van der Waals surface area contributed by atoms with E-state index in [0.29, 0.717) is 25.4 Å². The molecule has 2 aromatic rings. The molecule has 0 radical (unpaired) electrons. The average molecular weight is 356 g/mol. The van der Waals surface area contributed by atoms with Crippen LogP contribution in [0.3, 0.4) is 0 Å². The van der Waals surface area contributed by atoms with Crippen molar-refractivity contribution in [2.24, 2.45) is 0 Å². The number of aryl methyl sites for hydroxylation is 2. The van der Waals surface area contributed by atoms with Crippen LogP contribution in [0, 0.1) is 13.8 Å². The van der Waals surface area contributed by atoms with E-state index in [0.717, 1.165) is 11.1 Å². The highest BCUT2D eigenvalue weighted by Gasteiger charge is 2.33. The van der Waals surface area contributed by atoms with E-state index in [9.17, 15) is 14.4 Å². The Morgan fingerprint density at radius 1 is 1.12 bits per heavy atom. The van der Waals surface area contributed by atoms with Gasteiger partial charge in [0, 0.05) is 25.7 Å². The Bertz CT molecular complexity index is 828. The van der Waals surface area contributed by atoms with Crippen molar-refractivity contribution in [2.75, 3.05) is 25.0 Å². The zero-order valence-electron chi connectivity index (χ0n) is 14.7. The van der Waals surface area contributed by atoms with Crippen LogP contribution >= 0.6 is 0 Å². The number of carbonyl (C=O) groups is 3. The van der Waals surface area contributed by atoms with Gasteiger partial charge in [-0.1, -0.05) is 35.0 Å². The predicted octanol–water partition coefficient (Wildman–Crippen LogP) is 1.10. The first kappa shape index (κ1) is 17.7. The van der Waals surface area contributed by atoms with Gasteiger partial charge in [-0.05, 0) is 19.4 Å². The molecule has 1 N–H and O–H groups in total. The van der Waals surface area contributed by atoms with Crippen molar-refractivity contribution in [3.63, 3.8) is 0 Å². The molecule has 1 aliphatic rings. The van der Waals surface area contributed by atoms with Crippen molar-refractivity contribution >= 4 is 23.5 Å². The van der Waals surface area contributed by atoms with Crippen LogP contribution in [0.15, 0.2) is 34.9 Å². The Hall–Kier alpha value is -3.16. The van der Waals surface area contributed by atoms with Crippen molar-refractivity contribution in [3.8, 4) is 0 Å². The number of carbonyl (C=O) groups excluding carboxylic acids is 3. The molecule has 26 heavy (non-hydrogen) atoms. The third-order valence-corrected chi connectivity index (χ3v) is 4.12. The monoisotopic (exact) mass is 356 g/mol. The molecule has 0 saturated carbocycles. The van der Waals surface area contributed by atoms with E-state index in [1.165, 1.54) is 9.80 Å². The molecule has 3 amide bonds. The number of nitrogens with one attached hydrogen (secondary N) is 1. The summed E-state index contributed by atoms with van der Waals surface area (Å²) in [6.45, 7) is 4.56. The molecule has 1 saturated heterocycles. The van der Waals surface area contributed by atoms with Gasteiger partial charge in [-0.3, -0.25) is 14.4 Å². The maximum atomic E-state index is 12.3. The molecule has 0 bridgehead atoms. The molecule has 0 unspecified atom stereocenters. The highest BCUT2D eigenvalue weighted by molar-refractivity contribution is 6.35. The predicted molar refractivity (Wildman–Crippen MR) is 93.0 cm³/mol. The van der Waals surface area contributed by atoms with Gasteiger partial charge in [0.1, 0.15) is 12.3 Å². The Kier molecular flexibility index (Phi) is 5.01. The quantitative estimate of drug-likeness (QED) is 0.810. The summed E-state index contributed by atoms with van der Waals surface area (Å²) in [7, 11) is 0. The first-order chi connectivity index (χ1) is 12.4. The topological polar surface area (TPSA) is 95.8 Å². The summed E-state index contributed by atoms with van der Waals surface area (Å²) < 4.78 is 4.87. The van der Waals surface area contributed by atoms with Crippen LogP contribution in [0.5, 0.6) is 0 Å². The minimum absolute atomic E-state index is 0.200. The van der Waals surface area contributed by atoms with Crippen LogP contribution in [0.25, 0.3) is 0 Å². The smallest absolute Gasteiger partial charge is 0.312 e. The lowest BCUT2D eigenvalue weighted by Crippen LogP contribution is -2.55. The second-order valence-corrected chi connectivity index (χ2v) is 6.31. The van der Waals surface area contributed by atoms with Crippen molar-refractivity contribution < 1.29 is 18.9 Å². The molecule has 1 aromatic carbocycles. The van der Waals surface area contributed by atoms with Crippen molar-refractivity contribution in [1.29, 1.82) is 0 Å². The number of hydrogen-bond donors (Lipinski definition) is 1. The minimum Gasteiger partial charge on any atom is -0.360 e. The van der Waals surface area contributed by atoms with Gasteiger partial charge < -0.3 is 19.6 Å². The summed E-state index contributed by atoms with van der Waals surface area (Å²) in [5.74, 6) is -0.844. The van der Waals surface area contributed by atoms with Crippen LogP contribution in [0.2, 0.25) is 0 Å². The second-order valence-electron chi connectivity index (χ2n) is 6.31. The molecule has 0 spiro atoms. The summed E-state index contributed by atoms with van der Waals surface area (Å²) in [6.07, 6.45) is 0. The number of amides is 3. The molecule has 0 atom stereocenters. The standard InChI is InChI=1S/C18H20N4O4/c1-12-3-5-14(6-4-12)10-21-7-8-22(18(25)17(21)24)11-16(23)19-15-9-13(2)26-20-15/h3-6,9H,7-8,10-11H2,1-2H3,(H,19,20,23). The summed E-state index contributed by atoms with van der Waals surface area (Å²) in [5, 5.41) is 6.20. The zero-order chi connectivity index (χ0) is 18.7. The fourth-order valence-electron chi connectivity index (χ4n) is 2.71. The minimum atomic E-state index is -0.671. The van der Waals surface area contributed by atoms with Crippen LogP contribution in [0.4, 0.5) is 5.82 Å². The first-order valence-electron chi connectivity index (χ1n) is 8.29. The summed E-state index contributed by atoms with van der Waals surface area (Å²) in [5.41, 5.74) is 2.10. The summed E-state index contributed by atoms with van der Waals surface area (Å²) in [6, 6.07) is 9.38. The number of anilines is 1. The molecule has 2 heterocycles. The fourth-order valence-corrected chi connectivity index (χ4v) is 2.71. The van der Waals surface area contributed by atoms with Gasteiger partial charge in [0.15, 0.2) is 5.82 Å². The van der Waals surface area contributed by atoms with Gasteiger partial charge in [0.25, 0.3) is 0 Å². The van der Waals surface area contributed by atoms with Crippen molar-refractivity contribution in [2.45, 2.75) is 20.4 Å². The number of nitrogens with zero attached hydrogens (tertiary/aromatic N) is 3. The lowest BCUT2D eigenvalue weighted by atomic mass is 10.1. The Morgan fingerprint density at radius 2 is 1.77 bits per heavy atom. The van der Waals surface area contributed by atoms with Crippen LogP contribution in [0.1, 0.15) is 16.9 Å². The Morgan fingerprint density at radius 3 is 2.42 bits per heavy atom.